The highest BCUT2D eigenvalue weighted by Gasteiger charge is 2.12. The van der Waals surface area contributed by atoms with E-state index in [9.17, 15) is 0 Å². The van der Waals surface area contributed by atoms with Crippen LogP contribution in [0.2, 0.25) is 0 Å². The number of hydrogen-bond acceptors (Lipinski definition) is 0. The van der Waals surface area contributed by atoms with Crippen LogP contribution in [0, 0.1) is 0 Å². The van der Waals surface area contributed by atoms with Gasteiger partial charge in [0.25, 0.3) is 0 Å². The van der Waals surface area contributed by atoms with Crippen molar-refractivity contribution in [3.8, 4) is 0 Å². The lowest BCUT2D eigenvalue weighted by atomic mass is 10.00. The van der Waals surface area contributed by atoms with Crippen molar-refractivity contribution in [3.63, 3.8) is 0 Å². The molecule has 0 N–H and O–H groups in total. The van der Waals surface area contributed by atoms with E-state index in [1.165, 1.54) is 43.2 Å². The first-order valence-electron chi connectivity index (χ1n) is 6.85. The number of hydrogen-bond donors (Lipinski definition) is 0. The van der Waals surface area contributed by atoms with Crippen LogP contribution in [0.5, 0.6) is 0 Å². The Morgan fingerprint density at radius 1 is 1.12 bits per heavy atom. The van der Waals surface area contributed by atoms with Crippen molar-refractivity contribution >= 4 is 6.08 Å². The normalized spacial score (nSPS) is 17.8. The van der Waals surface area contributed by atoms with Crippen molar-refractivity contribution in [2.24, 2.45) is 0 Å². The molecule has 0 spiro atoms. The van der Waals surface area contributed by atoms with E-state index in [2.05, 4.69) is 55.5 Å². The molecule has 0 saturated carbocycles. The summed E-state index contributed by atoms with van der Waals surface area (Å²) in [7, 11) is 0. The number of benzene rings is 1. The van der Waals surface area contributed by atoms with Crippen LogP contribution in [0.3, 0.4) is 0 Å². The predicted molar refractivity (Wildman–Crippen MR) is 76.1 cm³/mol. The van der Waals surface area contributed by atoms with E-state index in [1.54, 1.807) is 0 Å². The largest absolute Gasteiger partial charge is 0.0876 e. The maximum atomic E-state index is 2.36. The second kappa shape index (κ2) is 6.44. The Hall–Kier alpha value is -1.30. The molecule has 1 aromatic rings. The Kier molecular flexibility index (Phi) is 4.61. The maximum Gasteiger partial charge on any atom is 0.0207 e. The average Bonchev–Trinajstić information content (AvgIpc) is 2.77. The molecule has 0 bridgehead atoms. The molecule has 0 radical (unpaired) electrons. The molecule has 0 heterocycles. The second-order valence-electron chi connectivity index (χ2n) is 4.79. The van der Waals surface area contributed by atoms with Gasteiger partial charge in [0.05, 0.1) is 0 Å². The summed E-state index contributed by atoms with van der Waals surface area (Å²) in [5.74, 6) is 0.511. The fraction of sp³-hybridized carbons (Fsp3) is 0.412. The van der Waals surface area contributed by atoms with E-state index in [0.29, 0.717) is 5.92 Å². The van der Waals surface area contributed by atoms with Crippen LogP contribution in [-0.2, 0) is 0 Å². The van der Waals surface area contributed by atoms with Crippen LogP contribution in [-0.4, -0.2) is 0 Å². The van der Waals surface area contributed by atoms with E-state index in [-0.39, 0.29) is 0 Å². The minimum absolute atomic E-state index is 0.511. The molecule has 2 rings (SSSR count). The summed E-state index contributed by atoms with van der Waals surface area (Å²) in [5.41, 5.74) is 2.84. The summed E-state index contributed by atoms with van der Waals surface area (Å²) >= 11 is 0. The monoisotopic (exact) mass is 226 g/mol. The Labute approximate surface area is 105 Å². The van der Waals surface area contributed by atoms with Gasteiger partial charge in [-0.25, -0.2) is 0 Å². The number of fused-ring (bicyclic) bond motifs is 1. The summed E-state index contributed by atoms with van der Waals surface area (Å²) in [5, 5.41) is 0. The standard InChI is InChI=1S/C17H22/c1-2-3-4-5-6-7-10-15-13-14-16-11-8-9-12-17(15)16/h7-15H,2-6H2,1H3. The minimum atomic E-state index is 0.511. The molecule has 1 unspecified atom stereocenters. The van der Waals surface area contributed by atoms with Gasteiger partial charge in [0.1, 0.15) is 0 Å². The van der Waals surface area contributed by atoms with Gasteiger partial charge in [-0.2, -0.15) is 0 Å². The predicted octanol–water partition coefficient (Wildman–Crippen LogP) is 5.32. The SMILES string of the molecule is CCCCCCC=CC1C=Cc2ccccc21. The third-order valence-electron chi connectivity index (χ3n) is 3.41. The molecule has 1 aliphatic carbocycles. The first-order valence-corrected chi connectivity index (χ1v) is 6.85. The molecule has 0 aliphatic heterocycles. The highest BCUT2D eigenvalue weighted by molar-refractivity contribution is 5.63. The van der Waals surface area contributed by atoms with E-state index in [0.717, 1.165) is 0 Å². The smallest absolute Gasteiger partial charge is 0.0207 e. The van der Waals surface area contributed by atoms with Gasteiger partial charge in [0.15, 0.2) is 0 Å². The summed E-state index contributed by atoms with van der Waals surface area (Å²) in [4.78, 5) is 0. The number of allylic oxidation sites excluding steroid dienone is 3. The summed E-state index contributed by atoms with van der Waals surface area (Å²) in [6, 6.07) is 8.68. The Balaban J connectivity index is 1.81. The molecule has 0 fully saturated rings. The first-order chi connectivity index (χ1) is 8.42. The molecule has 0 amide bonds. The fourth-order valence-corrected chi connectivity index (χ4v) is 2.38. The molecular weight excluding hydrogens is 204 g/mol. The van der Waals surface area contributed by atoms with Gasteiger partial charge < -0.3 is 0 Å². The molecule has 0 heteroatoms. The third-order valence-corrected chi connectivity index (χ3v) is 3.41. The molecule has 0 saturated heterocycles. The van der Waals surface area contributed by atoms with Crippen molar-refractivity contribution in [2.45, 2.75) is 44.9 Å². The Morgan fingerprint density at radius 3 is 2.88 bits per heavy atom. The van der Waals surface area contributed by atoms with Gasteiger partial charge in [-0.3, -0.25) is 0 Å². The van der Waals surface area contributed by atoms with Crippen molar-refractivity contribution < 1.29 is 0 Å². The lowest BCUT2D eigenvalue weighted by Crippen LogP contribution is -1.88. The summed E-state index contributed by atoms with van der Waals surface area (Å²) in [6.45, 7) is 2.26. The van der Waals surface area contributed by atoms with Crippen molar-refractivity contribution in [3.05, 3.63) is 53.6 Å². The molecule has 90 valence electrons. The molecule has 0 nitrogen and oxygen atoms in total. The van der Waals surface area contributed by atoms with Crippen molar-refractivity contribution in [1.29, 1.82) is 0 Å². The zero-order valence-corrected chi connectivity index (χ0v) is 10.7. The minimum Gasteiger partial charge on any atom is -0.0876 e. The summed E-state index contributed by atoms with van der Waals surface area (Å²) in [6.07, 6.45) is 15.9. The Bertz CT molecular complexity index is 398. The van der Waals surface area contributed by atoms with Crippen LogP contribution in [0.1, 0.15) is 56.1 Å². The quantitative estimate of drug-likeness (QED) is 0.454. The van der Waals surface area contributed by atoms with Crippen molar-refractivity contribution in [1.82, 2.24) is 0 Å². The molecule has 1 aromatic carbocycles. The maximum absolute atomic E-state index is 2.36. The highest BCUT2D eigenvalue weighted by atomic mass is 14.2. The van der Waals surface area contributed by atoms with E-state index in [1.807, 2.05) is 0 Å². The topological polar surface area (TPSA) is 0 Å². The van der Waals surface area contributed by atoms with Gasteiger partial charge in [0, 0.05) is 5.92 Å². The third kappa shape index (κ3) is 3.33. The van der Waals surface area contributed by atoms with Gasteiger partial charge in [0.2, 0.25) is 0 Å². The molecule has 1 aliphatic rings. The molecule has 1 atom stereocenters. The molecular formula is C17H22. The number of rotatable bonds is 6. The average molecular weight is 226 g/mol. The second-order valence-corrected chi connectivity index (χ2v) is 4.79. The van der Waals surface area contributed by atoms with E-state index < -0.39 is 0 Å². The lowest BCUT2D eigenvalue weighted by molar-refractivity contribution is 0.674. The number of unbranched alkanes of at least 4 members (excludes halogenated alkanes) is 4. The van der Waals surface area contributed by atoms with Gasteiger partial charge >= 0.3 is 0 Å². The van der Waals surface area contributed by atoms with Crippen LogP contribution >= 0.6 is 0 Å². The van der Waals surface area contributed by atoms with Gasteiger partial charge in [-0.05, 0) is 24.0 Å². The van der Waals surface area contributed by atoms with Gasteiger partial charge in [-0.15, -0.1) is 0 Å². The van der Waals surface area contributed by atoms with Crippen LogP contribution in [0.25, 0.3) is 6.08 Å². The van der Waals surface area contributed by atoms with Crippen LogP contribution < -0.4 is 0 Å². The van der Waals surface area contributed by atoms with E-state index in [4.69, 9.17) is 0 Å². The zero-order valence-electron chi connectivity index (χ0n) is 10.7. The molecule has 17 heavy (non-hydrogen) atoms. The molecule has 0 aromatic heterocycles. The van der Waals surface area contributed by atoms with Crippen molar-refractivity contribution in [2.75, 3.05) is 0 Å². The van der Waals surface area contributed by atoms with Crippen LogP contribution in [0.15, 0.2) is 42.5 Å². The first kappa shape index (κ1) is 12.2. The zero-order chi connectivity index (χ0) is 11.9. The van der Waals surface area contributed by atoms with E-state index >= 15 is 0 Å². The fourth-order valence-electron chi connectivity index (χ4n) is 2.38. The highest BCUT2D eigenvalue weighted by Crippen LogP contribution is 2.30. The summed E-state index contributed by atoms with van der Waals surface area (Å²) < 4.78 is 0. The van der Waals surface area contributed by atoms with Gasteiger partial charge in [-0.1, -0.05) is 74.8 Å². The van der Waals surface area contributed by atoms with Crippen LogP contribution in [0.4, 0.5) is 0 Å². The Morgan fingerprint density at radius 2 is 2.00 bits per heavy atom. The lowest BCUT2D eigenvalue weighted by Gasteiger charge is -2.05.